The number of thiophene rings is 1. The van der Waals surface area contributed by atoms with Crippen molar-refractivity contribution < 1.29 is 0 Å². The van der Waals surface area contributed by atoms with Crippen LogP contribution in [0.1, 0.15) is 0 Å². The molecule has 0 aliphatic rings. The highest BCUT2D eigenvalue weighted by atomic mass is 32.1. The Labute approximate surface area is 338 Å². The van der Waals surface area contributed by atoms with Crippen LogP contribution in [0.4, 0.5) is 5.69 Å². The smallest absolute Gasteiger partial charge is 0.187 e. The summed E-state index contributed by atoms with van der Waals surface area (Å²) < 4.78 is 4.88. The molecule has 3 aromatic heterocycles. The lowest BCUT2D eigenvalue weighted by Gasteiger charge is -2.17. The Morgan fingerprint density at radius 2 is 1.02 bits per heavy atom. The van der Waals surface area contributed by atoms with Crippen molar-refractivity contribution in [2.45, 2.75) is 0 Å². The summed E-state index contributed by atoms with van der Waals surface area (Å²) in [5.41, 5.74) is 10.8. The van der Waals surface area contributed by atoms with Gasteiger partial charge < -0.3 is 4.57 Å². The summed E-state index contributed by atoms with van der Waals surface area (Å²) >= 11 is 1.82. The molecule has 0 fully saturated rings. The molecular weight excluding hydrogens is 727 g/mol. The van der Waals surface area contributed by atoms with Crippen molar-refractivity contribution in [1.82, 2.24) is 19.5 Å². The number of aromatic nitrogens is 4. The molecule has 0 saturated carbocycles. The Kier molecular flexibility index (Phi) is 7.99. The number of benzene rings is 8. The zero-order chi connectivity index (χ0) is 38.6. The van der Waals surface area contributed by atoms with Gasteiger partial charge in [-0.15, -0.1) is 11.3 Å². The van der Waals surface area contributed by atoms with Crippen molar-refractivity contribution in [2.75, 3.05) is 0 Å². The highest BCUT2D eigenvalue weighted by Gasteiger charge is 2.22. The Morgan fingerprint density at radius 1 is 0.414 bits per heavy atom. The molecule has 0 spiro atoms. The maximum atomic E-state index is 7.47. The van der Waals surface area contributed by atoms with Crippen molar-refractivity contribution in [3.05, 3.63) is 199 Å². The molecule has 11 rings (SSSR count). The number of fused-ring (bicyclic) bond motifs is 6. The van der Waals surface area contributed by atoms with E-state index < -0.39 is 0 Å². The highest BCUT2D eigenvalue weighted by molar-refractivity contribution is 7.25. The Bertz CT molecular complexity index is 3340. The number of para-hydroxylation sites is 1. The molecule has 0 bridgehead atoms. The lowest BCUT2D eigenvalue weighted by Crippen LogP contribution is -2.04. The maximum Gasteiger partial charge on any atom is 0.187 e. The molecule has 0 aliphatic heterocycles. The van der Waals surface area contributed by atoms with Gasteiger partial charge in [0.05, 0.1) is 23.3 Å². The molecule has 0 aliphatic carbocycles. The normalized spacial score (nSPS) is 11.4. The first kappa shape index (κ1) is 33.6. The predicted molar refractivity (Wildman–Crippen MR) is 240 cm³/mol. The fraction of sp³-hybridized carbons (Fsp3) is 0. The van der Waals surface area contributed by atoms with Gasteiger partial charge in [-0.2, -0.15) is 0 Å². The van der Waals surface area contributed by atoms with Crippen LogP contribution < -0.4 is 0 Å². The average molecular weight is 758 g/mol. The third kappa shape index (κ3) is 5.64. The third-order valence-electron chi connectivity index (χ3n) is 10.9. The minimum absolute atomic E-state index is 0.587. The van der Waals surface area contributed by atoms with Crippen molar-refractivity contribution in [3.8, 4) is 62.1 Å². The topological polar surface area (TPSA) is 48.0 Å². The van der Waals surface area contributed by atoms with E-state index >= 15 is 0 Å². The van der Waals surface area contributed by atoms with Crippen LogP contribution in [0.15, 0.2) is 188 Å². The van der Waals surface area contributed by atoms with Gasteiger partial charge in [-0.1, -0.05) is 152 Å². The van der Waals surface area contributed by atoms with E-state index in [-0.39, 0.29) is 0 Å². The Balaban J connectivity index is 1.22. The zero-order valence-electron chi connectivity index (χ0n) is 31.0. The quantitative estimate of drug-likeness (QED) is 0.159. The lowest BCUT2D eigenvalue weighted by molar-refractivity contribution is 1.06. The van der Waals surface area contributed by atoms with Gasteiger partial charge in [-0.3, -0.25) is 0 Å². The second-order valence-corrected chi connectivity index (χ2v) is 15.4. The maximum absolute atomic E-state index is 7.47. The number of nitrogens with zero attached hydrogens (tertiary/aromatic N) is 5. The van der Waals surface area contributed by atoms with Gasteiger partial charge in [0.1, 0.15) is 0 Å². The molecule has 270 valence electrons. The van der Waals surface area contributed by atoms with E-state index in [4.69, 9.17) is 21.5 Å². The first-order valence-corrected chi connectivity index (χ1v) is 20.0. The van der Waals surface area contributed by atoms with Gasteiger partial charge in [0.15, 0.2) is 23.2 Å². The van der Waals surface area contributed by atoms with Crippen LogP contribution in [-0.2, 0) is 0 Å². The number of rotatable bonds is 6. The fourth-order valence-corrected chi connectivity index (χ4v) is 9.29. The molecule has 0 radical (unpaired) electrons. The Morgan fingerprint density at radius 3 is 1.76 bits per heavy atom. The van der Waals surface area contributed by atoms with E-state index in [9.17, 15) is 0 Å². The van der Waals surface area contributed by atoms with E-state index in [1.807, 2.05) is 96.3 Å². The number of hydrogen-bond donors (Lipinski definition) is 0. The summed E-state index contributed by atoms with van der Waals surface area (Å²) in [5.74, 6) is 1.81. The van der Waals surface area contributed by atoms with E-state index in [0.29, 0.717) is 23.2 Å². The lowest BCUT2D eigenvalue weighted by atomic mass is 9.96. The largest absolute Gasteiger partial charge is 0.308 e. The summed E-state index contributed by atoms with van der Waals surface area (Å²) in [7, 11) is 0. The first-order valence-electron chi connectivity index (χ1n) is 19.1. The second-order valence-electron chi connectivity index (χ2n) is 14.3. The monoisotopic (exact) mass is 757 g/mol. The molecular formula is C52H31N5S. The van der Waals surface area contributed by atoms with Crippen LogP contribution in [0.5, 0.6) is 0 Å². The molecule has 3 heterocycles. The fourth-order valence-electron chi connectivity index (χ4n) is 8.16. The molecule has 0 atom stereocenters. The standard InChI is InChI=1S/C52H31N5S/c1-53-38-27-23-33(24-28-38)36-25-29-41-40-17-8-10-20-44(40)57(46(41)32-36)45-30-26-37(39-19-12-22-48-49(39)42-18-9-11-21-47(42)58-48)31-43(45)52-55-50(34-13-4-2-5-14-34)54-51(56-52)35-15-6-3-7-16-35/h2-32H. The van der Waals surface area contributed by atoms with Crippen LogP contribution in [0.2, 0.25) is 0 Å². The SMILES string of the molecule is [C-]#[N+]c1ccc(-c2ccc3c4ccccc4n(-c4ccc(-c5cccc6sc7ccccc7c56)cc4-c4nc(-c5ccccc5)nc(-c5ccccc5)n4)c3c2)cc1. The van der Waals surface area contributed by atoms with Crippen molar-refractivity contribution >= 4 is 59.0 Å². The van der Waals surface area contributed by atoms with Crippen molar-refractivity contribution in [1.29, 1.82) is 0 Å². The van der Waals surface area contributed by atoms with Crippen LogP contribution in [0.3, 0.4) is 0 Å². The summed E-state index contributed by atoms with van der Waals surface area (Å²) in [6, 6.07) is 65.3. The van der Waals surface area contributed by atoms with E-state index in [2.05, 4.69) is 113 Å². The van der Waals surface area contributed by atoms with E-state index in [0.717, 1.165) is 66.4 Å². The first-order chi connectivity index (χ1) is 28.7. The van der Waals surface area contributed by atoms with Gasteiger partial charge in [0, 0.05) is 47.6 Å². The van der Waals surface area contributed by atoms with Gasteiger partial charge in [-0.05, 0) is 58.7 Å². The number of hydrogen-bond acceptors (Lipinski definition) is 4. The van der Waals surface area contributed by atoms with Crippen LogP contribution in [0, 0.1) is 6.57 Å². The molecule has 0 amide bonds. The molecule has 58 heavy (non-hydrogen) atoms. The van der Waals surface area contributed by atoms with Crippen LogP contribution in [0.25, 0.3) is 109 Å². The van der Waals surface area contributed by atoms with E-state index in [1.54, 1.807) is 0 Å². The van der Waals surface area contributed by atoms with Gasteiger partial charge >= 0.3 is 0 Å². The summed E-state index contributed by atoms with van der Waals surface area (Å²) in [5, 5.41) is 4.80. The van der Waals surface area contributed by atoms with Crippen molar-refractivity contribution in [3.63, 3.8) is 0 Å². The Hall–Kier alpha value is -7.72. The third-order valence-corrected chi connectivity index (χ3v) is 12.0. The second kappa shape index (κ2) is 13.8. The van der Waals surface area contributed by atoms with Crippen LogP contribution in [-0.4, -0.2) is 19.5 Å². The summed E-state index contributed by atoms with van der Waals surface area (Å²) in [6.07, 6.45) is 0. The highest BCUT2D eigenvalue weighted by Crippen LogP contribution is 2.43. The molecule has 5 nitrogen and oxygen atoms in total. The molecule has 0 unspecified atom stereocenters. The van der Waals surface area contributed by atoms with Crippen LogP contribution >= 0.6 is 11.3 Å². The minimum atomic E-state index is 0.587. The predicted octanol–water partition coefficient (Wildman–Crippen LogP) is 14.2. The van der Waals surface area contributed by atoms with E-state index in [1.165, 1.54) is 20.2 Å². The van der Waals surface area contributed by atoms with Gasteiger partial charge in [0.2, 0.25) is 0 Å². The van der Waals surface area contributed by atoms with Gasteiger partial charge in [-0.25, -0.2) is 19.8 Å². The van der Waals surface area contributed by atoms with Crippen molar-refractivity contribution in [2.24, 2.45) is 0 Å². The minimum Gasteiger partial charge on any atom is -0.308 e. The average Bonchev–Trinajstić information content (AvgIpc) is 3.85. The summed E-state index contributed by atoms with van der Waals surface area (Å²) in [6.45, 7) is 7.47. The molecule has 0 N–H and O–H groups in total. The molecule has 6 heteroatoms. The van der Waals surface area contributed by atoms with Gasteiger partial charge in [0.25, 0.3) is 0 Å². The molecule has 8 aromatic carbocycles. The zero-order valence-corrected chi connectivity index (χ0v) is 31.9. The summed E-state index contributed by atoms with van der Waals surface area (Å²) in [4.78, 5) is 19.2. The molecule has 11 aromatic rings. The molecule has 0 saturated heterocycles.